The van der Waals surface area contributed by atoms with Gasteiger partial charge in [0.15, 0.2) is 0 Å². The van der Waals surface area contributed by atoms with Gasteiger partial charge in [-0.25, -0.2) is 0 Å². The first-order chi connectivity index (χ1) is 7.59. The SMILES string of the molecule is Cc1ccccc1C(=O)NC1CS(=O)C1=O. The van der Waals surface area contributed by atoms with E-state index in [1.807, 2.05) is 19.1 Å². The van der Waals surface area contributed by atoms with E-state index in [1.54, 1.807) is 12.1 Å². The van der Waals surface area contributed by atoms with Crippen molar-refractivity contribution in [3.63, 3.8) is 0 Å². The monoisotopic (exact) mass is 237 g/mol. The number of aryl methyl sites for hydroxylation is 1. The molecular formula is C11H11NO3S. The van der Waals surface area contributed by atoms with Crippen molar-refractivity contribution in [1.29, 1.82) is 0 Å². The predicted molar refractivity (Wildman–Crippen MR) is 60.4 cm³/mol. The van der Waals surface area contributed by atoms with Crippen LogP contribution in [0.25, 0.3) is 0 Å². The molecule has 2 rings (SSSR count). The highest BCUT2D eigenvalue weighted by Crippen LogP contribution is 2.11. The third kappa shape index (κ3) is 1.90. The largest absolute Gasteiger partial charge is 0.340 e. The number of rotatable bonds is 2. The molecule has 0 bridgehead atoms. The molecule has 84 valence electrons. The van der Waals surface area contributed by atoms with Crippen LogP contribution in [0.1, 0.15) is 15.9 Å². The van der Waals surface area contributed by atoms with Gasteiger partial charge >= 0.3 is 0 Å². The lowest BCUT2D eigenvalue weighted by atomic mass is 10.1. The summed E-state index contributed by atoms with van der Waals surface area (Å²) >= 11 is 0. The molecule has 1 aliphatic rings. The average Bonchev–Trinajstić information content (AvgIpc) is 2.28. The lowest BCUT2D eigenvalue weighted by molar-refractivity contribution is -0.113. The standard InChI is InChI=1S/C11H11NO3S/c1-7-4-2-3-5-8(7)10(13)12-9-6-16(15)11(9)14/h2-5,9H,6H2,1H3,(H,12,13). The van der Waals surface area contributed by atoms with Crippen molar-refractivity contribution in [2.75, 3.05) is 5.75 Å². The van der Waals surface area contributed by atoms with Gasteiger partial charge in [0.25, 0.3) is 5.91 Å². The summed E-state index contributed by atoms with van der Waals surface area (Å²) in [4.78, 5) is 22.9. The van der Waals surface area contributed by atoms with Gasteiger partial charge in [-0.15, -0.1) is 0 Å². The Morgan fingerprint density at radius 1 is 1.44 bits per heavy atom. The zero-order valence-corrected chi connectivity index (χ0v) is 9.54. The molecule has 0 aromatic heterocycles. The minimum absolute atomic E-state index is 0.233. The highest BCUT2D eigenvalue weighted by Gasteiger charge is 2.37. The van der Waals surface area contributed by atoms with E-state index in [2.05, 4.69) is 5.32 Å². The Balaban J connectivity index is 2.07. The Morgan fingerprint density at radius 2 is 2.12 bits per heavy atom. The fraction of sp³-hybridized carbons (Fsp3) is 0.273. The highest BCUT2D eigenvalue weighted by molar-refractivity contribution is 8.02. The Bertz CT molecular complexity index is 484. The van der Waals surface area contributed by atoms with Gasteiger partial charge in [0, 0.05) is 5.56 Å². The molecule has 1 heterocycles. The lowest BCUT2D eigenvalue weighted by Gasteiger charge is -2.24. The van der Waals surface area contributed by atoms with Crippen LogP contribution in [0.15, 0.2) is 24.3 Å². The minimum Gasteiger partial charge on any atom is -0.340 e. The number of carbonyl (C=O) groups is 2. The first-order valence-corrected chi connectivity index (χ1v) is 6.20. The number of benzene rings is 1. The number of hydrogen-bond acceptors (Lipinski definition) is 3. The average molecular weight is 237 g/mol. The van der Waals surface area contributed by atoms with Crippen molar-refractivity contribution in [2.24, 2.45) is 0 Å². The fourth-order valence-corrected chi connectivity index (χ4v) is 2.39. The second kappa shape index (κ2) is 4.17. The lowest BCUT2D eigenvalue weighted by Crippen LogP contribution is -2.54. The van der Waals surface area contributed by atoms with Gasteiger partial charge in [-0.05, 0) is 18.6 Å². The van der Waals surface area contributed by atoms with Gasteiger partial charge in [-0.2, -0.15) is 0 Å². The third-order valence-corrected chi connectivity index (χ3v) is 3.89. The van der Waals surface area contributed by atoms with E-state index in [9.17, 15) is 13.8 Å². The molecule has 0 saturated carbocycles. The molecule has 16 heavy (non-hydrogen) atoms. The number of hydrogen-bond donors (Lipinski definition) is 1. The van der Waals surface area contributed by atoms with E-state index in [0.29, 0.717) is 5.56 Å². The van der Waals surface area contributed by atoms with Gasteiger partial charge in [0.1, 0.15) is 6.04 Å². The second-order valence-corrected chi connectivity index (χ2v) is 5.10. The minimum atomic E-state index is -1.40. The molecule has 1 fully saturated rings. The molecule has 0 radical (unpaired) electrons. The number of amides is 1. The van der Waals surface area contributed by atoms with E-state index in [1.165, 1.54) is 0 Å². The van der Waals surface area contributed by atoms with Crippen molar-refractivity contribution in [2.45, 2.75) is 13.0 Å². The van der Waals surface area contributed by atoms with Crippen LogP contribution in [0.3, 0.4) is 0 Å². The maximum absolute atomic E-state index is 11.8. The first kappa shape index (κ1) is 11.0. The third-order valence-electron chi connectivity index (χ3n) is 2.52. The quantitative estimate of drug-likeness (QED) is 0.809. The van der Waals surface area contributed by atoms with Crippen LogP contribution in [0.2, 0.25) is 0 Å². The summed E-state index contributed by atoms with van der Waals surface area (Å²) in [6.45, 7) is 1.83. The summed E-state index contributed by atoms with van der Waals surface area (Å²) in [5.74, 6) is -0.0515. The Kier molecular flexibility index (Phi) is 2.87. The van der Waals surface area contributed by atoms with Crippen molar-refractivity contribution >= 4 is 21.8 Å². The van der Waals surface area contributed by atoms with E-state index < -0.39 is 16.8 Å². The van der Waals surface area contributed by atoms with Crippen molar-refractivity contribution in [3.8, 4) is 0 Å². The zero-order chi connectivity index (χ0) is 11.7. The van der Waals surface area contributed by atoms with Crippen LogP contribution in [0.4, 0.5) is 0 Å². The van der Waals surface area contributed by atoms with E-state index in [4.69, 9.17) is 0 Å². The summed E-state index contributed by atoms with van der Waals surface area (Å²) in [5.41, 5.74) is 1.40. The predicted octanol–water partition coefficient (Wildman–Crippen LogP) is 0.382. The maximum Gasteiger partial charge on any atom is 0.252 e. The van der Waals surface area contributed by atoms with Crippen LogP contribution >= 0.6 is 0 Å². The van der Waals surface area contributed by atoms with Crippen LogP contribution in [0, 0.1) is 6.92 Å². The van der Waals surface area contributed by atoms with Crippen molar-refractivity contribution in [3.05, 3.63) is 35.4 Å². The van der Waals surface area contributed by atoms with Gasteiger partial charge in [-0.3, -0.25) is 13.8 Å². The summed E-state index contributed by atoms with van der Waals surface area (Å²) in [6, 6.07) is 6.56. The van der Waals surface area contributed by atoms with Crippen LogP contribution < -0.4 is 5.32 Å². The van der Waals surface area contributed by atoms with E-state index >= 15 is 0 Å². The van der Waals surface area contributed by atoms with Gasteiger partial charge < -0.3 is 5.32 Å². The summed E-state index contributed by atoms with van der Waals surface area (Å²) in [7, 11) is -1.40. The topological polar surface area (TPSA) is 63.2 Å². The fourth-order valence-electron chi connectivity index (χ4n) is 1.53. The second-order valence-electron chi connectivity index (χ2n) is 3.67. The zero-order valence-electron chi connectivity index (χ0n) is 8.73. The van der Waals surface area contributed by atoms with Gasteiger partial charge in [0.05, 0.1) is 16.6 Å². The maximum atomic E-state index is 11.8. The molecule has 4 nitrogen and oxygen atoms in total. The van der Waals surface area contributed by atoms with E-state index in [0.717, 1.165) is 5.56 Å². The van der Waals surface area contributed by atoms with Crippen LogP contribution in [-0.2, 0) is 15.6 Å². The molecule has 0 aliphatic carbocycles. The molecule has 2 unspecified atom stereocenters. The molecule has 1 saturated heterocycles. The normalized spacial score (nSPS) is 23.7. The van der Waals surface area contributed by atoms with Crippen LogP contribution in [-0.4, -0.2) is 27.0 Å². The Hall–Kier alpha value is -1.49. The molecular weight excluding hydrogens is 226 g/mol. The Labute approximate surface area is 95.5 Å². The smallest absolute Gasteiger partial charge is 0.252 e. The summed E-state index contributed by atoms with van der Waals surface area (Å²) in [5, 5.41) is 2.19. The van der Waals surface area contributed by atoms with Crippen molar-refractivity contribution in [1.82, 2.24) is 5.32 Å². The molecule has 1 N–H and O–H groups in total. The molecule has 1 aliphatic heterocycles. The Morgan fingerprint density at radius 3 is 2.69 bits per heavy atom. The highest BCUT2D eigenvalue weighted by atomic mass is 32.2. The van der Waals surface area contributed by atoms with Gasteiger partial charge in [-0.1, -0.05) is 18.2 Å². The van der Waals surface area contributed by atoms with Gasteiger partial charge in [0.2, 0.25) is 5.12 Å². The molecule has 1 aromatic rings. The number of nitrogens with one attached hydrogen (secondary N) is 1. The van der Waals surface area contributed by atoms with Crippen LogP contribution in [0.5, 0.6) is 0 Å². The molecule has 1 amide bonds. The molecule has 1 aromatic carbocycles. The molecule has 5 heteroatoms. The summed E-state index contributed by atoms with van der Waals surface area (Å²) in [6.07, 6.45) is 0. The summed E-state index contributed by atoms with van der Waals surface area (Å²) < 4.78 is 10.8. The number of carbonyl (C=O) groups excluding carboxylic acids is 2. The first-order valence-electron chi connectivity index (χ1n) is 4.88. The van der Waals surface area contributed by atoms with Crippen molar-refractivity contribution < 1.29 is 13.8 Å². The van der Waals surface area contributed by atoms with E-state index in [-0.39, 0.29) is 16.8 Å². The molecule has 2 atom stereocenters. The molecule has 0 spiro atoms.